The molecular weight excluding hydrogens is 406 g/mol. The van der Waals surface area contributed by atoms with Crippen LogP contribution < -0.4 is 11.1 Å². The zero-order chi connectivity index (χ0) is 22.2. The fraction of sp³-hybridized carbons (Fsp3) is 0.304. The van der Waals surface area contributed by atoms with Gasteiger partial charge in [0.05, 0.1) is 29.0 Å². The number of nitrogens with two attached hydrogens (primary N) is 1. The lowest BCUT2D eigenvalue weighted by Gasteiger charge is -2.28. The fourth-order valence-electron chi connectivity index (χ4n) is 4.38. The molecule has 4 N–H and O–H groups in total. The average Bonchev–Trinajstić information content (AvgIpc) is 3.37. The normalized spacial score (nSPS) is 18.7. The largest absolute Gasteiger partial charge is 0.393 e. The van der Waals surface area contributed by atoms with Gasteiger partial charge in [0.25, 0.3) is 5.91 Å². The van der Waals surface area contributed by atoms with Crippen molar-refractivity contribution in [1.82, 2.24) is 24.3 Å². The van der Waals surface area contributed by atoms with Gasteiger partial charge < -0.3 is 15.4 Å². The van der Waals surface area contributed by atoms with Crippen LogP contribution in [-0.4, -0.2) is 41.4 Å². The van der Waals surface area contributed by atoms with E-state index in [1.807, 2.05) is 37.5 Å². The fourth-order valence-corrected chi connectivity index (χ4v) is 4.38. The summed E-state index contributed by atoms with van der Waals surface area (Å²) in [5, 5.41) is 17.1. The van der Waals surface area contributed by atoms with E-state index < -0.39 is 0 Å². The maximum atomic E-state index is 13.2. The zero-order valence-corrected chi connectivity index (χ0v) is 17.8. The van der Waals surface area contributed by atoms with Crippen LogP contribution in [0.5, 0.6) is 0 Å². The number of anilines is 2. The summed E-state index contributed by atoms with van der Waals surface area (Å²) in [7, 11) is 1.82. The van der Waals surface area contributed by atoms with E-state index in [0.717, 1.165) is 42.3 Å². The molecule has 0 saturated heterocycles. The van der Waals surface area contributed by atoms with Crippen molar-refractivity contribution in [2.45, 2.75) is 37.8 Å². The van der Waals surface area contributed by atoms with Gasteiger partial charge in [0.15, 0.2) is 0 Å². The van der Waals surface area contributed by atoms with Gasteiger partial charge >= 0.3 is 0 Å². The Hall–Kier alpha value is -3.72. The van der Waals surface area contributed by atoms with Crippen molar-refractivity contribution < 1.29 is 9.90 Å². The molecule has 9 heteroatoms. The number of aliphatic hydroxyl groups excluding tert-OH is 1. The number of carbonyl (C=O) groups excluding carboxylic acids is 1. The standard InChI is InChI=1S/C23H25N7O2/c1-29-13-15(12-25-29)19-10-14(11-21(24)26-19)22(32)28-23-27-18-4-2-3-5-20(18)30(23)16-6-8-17(31)9-7-16/h2-5,10-13,16-17,31H,6-9H2,1H3,(H2,24,26)(H,27,28,32). The third-order valence-corrected chi connectivity index (χ3v) is 5.96. The van der Waals surface area contributed by atoms with Crippen molar-refractivity contribution in [3.05, 3.63) is 54.4 Å². The summed E-state index contributed by atoms with van der Waals surface area (Å²) in [4.78, 5) is 22.2. The van der Waals surface area contributed by atoms with Gasteiger partial charge in [-0.3, -0.25) is 14.8 Å². The molecule has 3 heterocycles. The average molecular weight is 432 g/mol. The summed E-state index contributed by atoms with van der Waals surface area (Å²) in [5.74, 6) is 0.443. The molecule has 0 unspecified atom stereocenters. The van der Waals surface area contributed by atoms with Crippen LogP contribution in [0.25, 0.3) is 22.3 Å². The number of hydrogen-bond acceptors (Lipinski definition) is 6. The maximum absolute atomic E-state index is 13.2. The van der Waals surface area contributed by atoms with Gasteiger partial charge in [-0.05, 0) is 49.9 Å². The number of nitrogen functional groups attached to an aromatic ring is 1. The highest BCUT2D eigenvalue weighted by molar-refractivity contribution is 6.05. The lowest BCUT2D eigenvalue weighted by molar-refractivity contribution is 0.102. The van der Waals surface area contributed by atoms with Crippen LogP contribution in [0.4, 0.5) is 11.8 Å². The molecule has 0 radical (unpaired) electrons. The number of imidazole rings is 1. The molecular formula is C23H25N7O2. The van der Waals surface area contributed by atoms with Gasteiger partial charge in [-0.25, -0.2) is 9.97 Å². The van der Waals surface area contributed by atoms with Crippen LogP contribution in [0, 0.1) is 0 Å². The van der Waals surface area contributed by atoms with E-state index in [1.165, 1.54) is 0 Å². The second-order valence-electron chi connectivity index (χ2n) is 8.28. The van der Waals surface area contributed by atoms with E-state index in [4.69, 9.17) is 5.73 Å². The smallest absolute Gasteiger partial charge is 0.258 e. The van der Waals surface area contributed by atoms with E-state index in [9.17, 15) is 9.90 Å². The number of rotatable bonds is 4. The Labute approximate surface area is 184 Å². The van der Waals surface area contributed by atoms with E-state index in [0.29, 0.717) is 17.2 Å². The molecule has 1 aliphatic rings. The molecule has 9 nitrogen and oxygen atoms in total. The predicted molar refractivity (Wildman–Crippen MR) is 122 cm³/mol. The first-order valence-electron chi connectivity index (χ1n) is 10.7. The summed E-state index contributed by atoms with van der Waals surface area (Å²) in [6.07, 6.45) is 6.38. The third-order valence-electron chi connectivity index (χ3n) is 5.96. The van der Waals surface area contributed by atoms with Crippen LogP contribution >= 0.6 is 0 Å². The lowest BCUT2D eigenvalue weighted by atomic mass is 9.93. The number of carbonyl (C=O) groups is 1. The Kier molecular flexibility index (Phi) is 5.10. The van der Waals surface area contributed by atoms with Gasteiger partial charge in [-0.15, -0.1) is 0 Å². The molecule has 5 rings (SSSR count). The van der Waals surface area contributed by atoms with Crippen molar-refractivity contribution in [3.8, 4) is 11.3 Å². The number of benzene rings is 1. The van der Waals surface area contributed by atoms with Gasteiger partial charge in [0.2, 0.25) is 5.95 Å². The number of aryl methyl sites for hydroxylation is 1. The number of nitrogens with one attached hydrogen (secondary N) is 1. The van der Waals surface area contributed by atoms with Gasteiger partial charge in [0, 0.05) is 30.4 Å². The first-order chi connectivity index (χ1) is 15.5. The first kappa shape index (κ1) is 20.2. The van der Waals surface area contributed by atoms with E-state index in [1.54, 1.807) is 23.0 Å². The van der Waals surface area contributed by atoms with Crippen molar-refractivity contribution >= 4 is 28.7 Å². The Morgan fingerprint density at radius 2 is 1.94 bits per heavy atom. The Morgan fingerprint density at radius 3 is 2.69 bits per heavy atom. The van der Waals surface area contributed by atoms with E-state index >= 15 is 0 Å². The molecule has 1 saturated carbocycles. The highest BCUT2D eigenvalue weighted by atomic mass is 16.3. The molecule has 0 aliphatic heterocycles. The molecule has 32 heavy (non-hydrogen) atoms. The number of para-hydroxylation sites is 2. The quantitative estimate of drug-likeness (QED) is 0.456. The predicted octanol–water partition coefficient (Wildman–Crippen LogP) is 3.14. The summed E-state index contributed by atoms with van der Waals surface area (Å²) < 4.78 is 3.76. The number of amides is 1. The highest BCUT2D eigenvalue weighted by Crippen LogP contribution is 2.34. The Balaban J connectivity index is 1.49. The SMILES string of the molecule is Cn1cc(-c2cc(C(=O)Nc3nc4ccccc4n3C3CCC(O)CC3)cc(N)n2)cn1. The van der Waals surface area contributed by atoms with E-state index in [-0.39, 0.29) is 23.9 Å². The van der Waals surface area contributed by atoms with Crippen LogP contribution in [0.15, 0.2) is 48.8 Å². The molecule has 1 aliphatic carbocycles. The molecule has 1 aromatic carbocycles. The Morgan fingerprint density at radius 1 is 1.16 bits per heavy atom. The number of nitrogens with zero attached hydrogens (tertiary/aromatic N) is 5. The van der Waals surface area contributed by atoms with Crippen molar-refractivity contribution in [2.75, 3.05) is 11.1 Å². The minimum absolute atomic E-state index is 0.162. The highest BCUT2D eigenvalue weighted by Gasteiger charge is 2.26. The van der Waals surface area contributed by atoms with Gasteiger partial charge in [0.1, 0.15) is 5.82 Å². The Bertz CT molecular complexity index is 1280. The van der Waals surface area contributed by atoms with Crippen LogP contribution in [0.3, 0.4) is 0 Å². The monoisotopic (exact) mass is 431 g/mol. The number of hydrogen-bond donors (Lipinski definition) is 3. The lowest BCUT2D eigenvalue weighted by Crippen LogP contribution is -2.24. The molecule has 1 amide bonds. The molecule has 1 fully saturated rings. The minimum atomic E-state index is -0.309. The van der Waals surface area contributed by atoms with E-state index in [2.05, 4.69) is 25.0 Å². The molecule has 4 aromatic rings. The van der Waals surface area contributed by atoms with Crippen molar-refractivity contribution in [3.63, 3.8) is 0 Å². The molecule has 0 atom stereocenters. The number of aliphatic hydroxyl groups is 1. The second kappa shape index (κ2) is 8.08. The second-order valence-corrected chi connectivity index (χ2v) is 8.28. The molecule has 164 valence electrons. The van der Waals surface area contributed by atoms with Crippen molar-refractivity contribution in [1.29, 1.82) is 0 Å². The van der Waals surface area contributed by atoms with Crippen molar-refractivity contribution in [2.24, 2.45) is 7.05 Å². The molecule has 0 bridgehead atoms. The topological polar surface area (TPSA) is 124 Å². The minimum Gasteiger partial charge on any atom is -0.393 e. The summed E-state index contributed by atoms with van der Waals surface area (Å²) in [6.45, 7) is 0. The summed E-state index contributed by atoms with van der Waals surface area (Å²) >= 11 is 0. The van der Waals surface area contributed by atoms with Crippen LogP contribution in [0.1, 0.15) is 42.1 Å². The number of aromatic nitrogens is 5. The summed E-state index contributed by atoms with van der Waals surface area (Å²) in [5.41, 5.74) is 9.54. The third kappa shape index (κ3) is 3.82. The molecule has 0 spiro atoms. The maximum Gasteiger partial charge on any atom is 0.258 e. The number of pyridine rings is 1. The number of fused-ring (bicyclic) bond motifs is 1. The molecule has 3 aromatic heterocycles. The summed E-state index contributed by atoms with van der Waals surface area (Å²) in [6, 6.07) is 11.3. The van der Waals surface area contributed by atoms with Crippen LogP contribution in [-0.2, 0) is 7.05 Å². The van der Waals surface area contributed by atoms with Gasteiger partial charge in [-0.2, -0.15) is 5.10 Å². The van der Waals surface area contributed by atoms with Gasteiger partial charge in [-0.1, -0.05) is 12.1 Å². The van der Waals surface area contributed by atoms with Crippen LogP contribution in [0.2, 0.25) is 0 Å². The zero-order valence-electron chi connectivity index (χ0n) is 17.8. The first-order valence-corrected chi connectivity index (χ1v) is 10.7.